The summed E-state index contributed by atoms with van der Waals surface area (Å²) in [6, 6.07) is 7.34. The third-order valence-corrected chi connectivity index (χ3v) is 8.90. The van der Waals surface area contributed by atoms with Gasteiger partial charge in [-0.15, -0.1) is 0 Å². The molecule has 4 rings (SSSR count). The van der Waals surface area contributed by atoms with Crippen molar-refractivity contribution in [1.82, 2.24) is 14.7 Å². The highest BCUT2D eigenvalue weighted by molar-refractivity contribution is 9.10. The van der Waals surface area contributed by atoms with Crippen molar-refractivity contribution < 1.29 is 45.5 Å². The van der Waals surface area contributed by atoms with Gasteiger partial charge in [0.15, 0.2) is 0 Å². The largest absolute Gasteiger partial charge is 0.444 e. The molecule has 0 unspecified atom stereocenters. The average molecular weight is 736 g/mol. The van der Waals surface area contributed by atoms with E-state index in [9.17, 15) is 40.7 Å². The van der Waals surface area contributed by atoms with Crippen molar-refractivity contribution in [1.29, 1.82) is 0 Å². The first-order valence-corrected chi connectivity index (χ1v) is 16.2. The Labute approximate surface area is 277 Å². The van der Waals surface area contributed by atoms with E-state index in [-0.39, 0.29) is 37.4 Å². The van der Waals surface area contributed by atoms with Crippen molar-refractivity contribution >= 4 is 33.8 Å². The molecule has 0 spiro atoms. The van der Waals surface area contributed by atoms with Gasteiger partial charge in [0.25, 0.3) is 0 Å². The number of halogens is 7. The van der Waals surface area contributed by atoms with Gasteiger partial charge in [0, 0.05) is 17.6 Å². The maximum atomic E-state index is 14.1. The molecule has 2 aliphatic heterocycles. The molecule has 3 atom stereocenters. The number of nitrogens with zero attached hydrogens (tertiary/aromatic N) is 3. The number of hydrogen-bond acceptors (Lipinski definition) is 5. The van der Waals surface area contributed by atoms with Crippen LogP contribution < -0.4 is 5.73 Å². The fourth-order valence-corrected chi connectivity index (χ4v) is 6.25. The predicted molar refractivity (Wildman–Crippen MR) is 163 cm³/mol. The Morgan fingerprint density at radius 2 is 1.55 bits per heavy atom. The van der Waals surface area contributed by atoms with Crippen LogP contribution in [0.2, 0.25) is 0 Å². The number of nitrogens with two attached hydrogens (primary N) is 1. The molecule has 2 heterocycles. The monoisotopic (exact) mass is 734 g/mol. The number of unbranched alkanes of at least 4 members (excludes halogenated alkanes) is 2. The van der Waals surface area contributed by atoms with Gasteiger partial charge in [-0.2, -0.15) is 26.3 Å². The highest BCUT2D eigenvalue weighted by atomic mass is 79.9. The van der Waals surface area contributed by atoms with Crippen molar-refractivity contribution in [3.63, 3.8) is 0 Å². The number of hydrogen-bond donors (Lipinski definition) is 1. The second-order valence-corrected chi connectivity index (χ2v) is 12.7. The maximum Gasteiger partial charge on any atom is 0.416 e. The van der Waals surface area contributed by atoms with Crippen molar-refractivity contribution in [2.24, 2.45) is 11.7 Å². The summed E-state index contributed by atoms with van der Waals surface area (Å²) in [7, 11) is 0. The Morgan fingerprint density at radius 3 is 2.13 bits per heavy atom. The van der Waals surface area contributed by atoms with E-state index >= 15 is 0 Å². The quantitative estimate of drug-likeness (QED) is 0.208. The molecule has 8 nitrogen and oxygen atoms in total. The van der Waals surface area contributed by atoms with Crippen LogP contribution in [0.1, 0.15) is 61.3 Å². The lowest BCUT2D eigenvalue weighted by molar-refractivity contribution is -0.173. The van der Waals surface area contributed by atoms with E-state index in [2.05, 4.69) is 15.9 Å². The van der Waals surface area contributed by atoms with Gasteiger partial charge in [-0.05, 0) is 80.1 Å². The SMILES string of the molecule is CCCCN1C[C@@H]2N(C(=O)OCc3cc(C(F)(F)F)cc(C(F)(F)F)c3)C[C@H](Cc3ccc(Br)cc3)C(=O)N2[C@@H](CCCCN)C1=O. The number of benzene rings is 2. The normalized spacial score (nSPS) is 20.4. The summed E-state index contributed by atoms with van der Waals surface area (Å²) in [5, 5.41) is 0. The lowest BCUT2D eigenvalue weighted by atomic mass is 9.90. The van der Waals surface area contributed by atoms with Crippen LogP contribution in [0, 0.1) is 5.92 Å². The number of alkyl halides is 6. The summed E-state index contributed by atoms with van der Waals surface area (Å²) in [6.07, 6.45) is -8.97. The molecule has 2 N–H and O–H groups in total. The Hall–Kier alpha value is -3.33. The van der Waals surface area contributed by atoms with Crippen LogP contribution in [0.25, 0.3) is 0 Å². The molecule has 0 saturated carbocycles. The van der Waals surface area contributed by atoms with Gasteiger partial charge in [-0.25, -0.2) is 4.79 Å². The molecule has 2 aromatic carbocycles. The molecule has 2 aromatic rings. The maximum absolute atomic E-state index is 14.1. The molecule has 3 amide bonds. The fourth-order valence-electron chi connectivity index (χ4n) is 5.99. The van der Waals surface area contributed by atoms with E-state index in [0.29, 0.717) is 50.9 Å². The van der Waals surface area contributed by atoms with Crippen LogP contribution >= 0.6 is 15.9 Å². The molecule has 47 heavy (non-hydrogen) atoms. The van der Waals surface area contributed by atoms with Gasteiger partial charge in [-0.1, -0.05) is 41.4 Å². The standard InChI is InChI=1S/C32H37BrF6N4O4/c1-2-3-12-41-18-27-42(30(46)47-19-21-14-23(31(34,35)36)16-24(15-21)32(37,38)39)17-22(13-20-7-9-25(33)10-8-20)28(44)43(27)26(29(41)45)6-4-5-11-40/h7-10,14-16,22,26-27H,2-6,11-13,17-19,40H2,1H3/t22-,26-,27+/m0/s1. The van der Waals surface area contributed by atoms with Crippen LogP contribution in [0.15, 0.2) is 46.9 Å². The van der Waals surface area contributed by atoms with E-state index < -0.39 is 59.9 Å². The summed E-state index contributed by atoms with van der Waals surface area (Å²) in [5.41, 5.74) is 2.92. The summed E-state index contributed by atoms with van der Waals surface area (Å²) in [4.78, 5) is 45.8. The molecule has 0 bridgehead atoms. The van der Waals surface area contributed by atoms with Gasteiger partial charge < -0.3 is 20.3 Å². The molecule has 2 aliphatic rings. The van der Waals surface area contributed by atoms with Crippen LogP contribution in [0.3, 0.4) is 0 Å². The minimum Gasteiger partial charge on any atom is -0.444 e. The summed E-state index contributed by atoms with van der Waals surface area (Å²) in [5.74, 6) is -1.37. The number of carbonyl (C=O) groups excluding carboxylic acids is 3. The van der Waals surface area contributed by atoms with E-state index in [1.807, 2.05) is 19.1 Å². The number of fused-ring (bicyclic) bond motifs is 1. The van der Waals surface area contributed by atoms with Gasteiger partial charge in [-0.3, -0.25) is 14.5 Å². The van der Waals surface area contributed by atoms with E-state index in [4.69, 9.17) is 10.5 Å². The Kier molecular flexibility index (Phi) is 11.9. The molecule has 2 saturated heterocycles. The highest BCUT2D eigenvalue weighted by Gasteiger charge is 2.51. The third kappa shape index (κ3) is 8.98. The van der Waals surface area contributed by atoms with Gasteiger partial charge in [0.2, 0.25) is 11.8 Å². The summed E-state index contributed by atoms with van der Waals surface area (Å²) < 4.78 is 86.8. The third-order valence-electron chi connectivity index (χ3n) is 8.37. The summed E-state index contributed by atoms with van der Waals surface area (Å²) >= 11 is 3.37. The Balaban J connectivity index is 1.67. The second-order valence-electron chi connectivity index (χ2n) is 11.8. The van der Waals surface area contributed by atoms with Crippen molar-refractivity contribution in [3.8, 4) is 0 Å². The topological polar surface area (TPSA) is 96.2 Å². The second kappa shape index (κ2) is 15.3. The van der Waals surface area contributed by atoms with E-state index in [1.54, 1.807) is 17.0 Å². The summed E-state index contributed by atoms with van der Waals surface area (Å²) in [6.45, 7) is 1.71. The van der Waals surface area contributed by atoms with E-state index in [0.717, 1.165) is 16.5 Å². The number of ether oxygens (including phenoxy) is 1. The Bertz CT molecular complexity index is 1390. The van der Waals surface area contributed by atoms with Crippen molar-refractivity contribution in [3.05, 3.63) is 69.2 Å². The van der Waals surface area contributed by atoms with Crippen LogP contribution in [0.5, 0.6) is 0 Å². The molecule has 2 fully saturated rings. The Morgan fingerprint density at radius 1 is 0.915 bits per heavy atom. The van der Waals surface area contributed by atoms with Crippen molar-refractivity contribution in [2.45, 2.75) is 76.6 Å². The lowest BCUT2D eigenvalue weighted by Crippen LogP contribution is -2.73. The zero-order valence-corrected chi connectivity index (χ0v) is 27.3. The first-order valence-electron chi connectivity index (χ1n) is 15.4. The fraction of sp³-hybridized carbons (Fsp3) is 0.531. The van der Waals surface area contributed by atoms with Crippen molar-refractivity contribution in [2.75, 3.05) is 26.2 Å². The molecular formula is C32H37BrF6N4O4. The number of rotatable bonds is 11. The van der Waals surface area contributed by atoms with Gasteiger partial charge in [0.05, 0.1) is 23.6 Å². The van der Waals surface area contributed by atoms with Gasteiger partial charge >= 0.3 is 18.4 Å². The molecule has 0 aromatic heterocycles. The minimum absolute atomic E-state index is 0.000891. The zero-order valence-electron chi connectivity index (χ0n) is 25.7. The minimum atomic E-state index is -5.07. The first-order chi connectivity index (χ1) is 22.1. The number of amides is 3. The molecule has 15 heteroatoms. The van der Waals surface area contributed by atoms with Crippen LogP contribution in [-0.2, 0) is 39.7 Å². The average Bonchev–Trinajstić information content (AvgIpc) is 3.01. The first kappa shape index (κ1) is 36.5. The van der Waals surface area contributed by atoms with Crippen LogP contribution in [-0.4, -0.2) is 71.0 Å². The predicted octanol–water partition coefficient (Wildman–Crippen LogP) is 6.59. The lowest BCUT2D eigenvalue weighted by Gasteiger charge is -2.53. The smallest absolute Gasteiger partial charge is 0.416 e. The van der Waals surface area contributed by atoms with E-state index in [1.165, 1.54) is 9.80 Å². The zero-order chi connectivity index (χ0) is 34.5. The number of carbonyl (C=O) groups is 3. The van der Waals surface area contributed by atoms with Crippen LogP contribution in [0.4, 0.5) is 31.1 Å². The molecule has 258 valence electrons. The molecule has 0 aliphatic carbocycles. The number of piperazine rings is 1. The van der Waals surface area contributed by atoms with Gasteiger partial charge in [0.1, 0.15) is 18.8 Å². The molecule has 0 radical (unpaired) electrons. The highest BCUT2D eigenvalue weighted by Crippen LogP contribution is 2.37. The molecular weight excluding hydrogens is 698 g/mol.